The van der Waals surface area contributed by atoms with Gasteiger partial charge in [0.25, 0.3) is 0 Å². The fraction of sp³-hybridized carbons (Fsp3) is 1.00. The highest BCUT2D eigenvalue weighted by molar-refractivity contribution is 6.24. The number of ether oxygens (including phenoxy) is 1. The van der Waals surface area contributed by atoms with E-state index in [1.54, 1.807) is 7.11 Å². The Hall–Kier alpha value is 0.540. The van der Waals surface area contributed by atoms with Gasteiger partial charge in [-0.25, -0.2) is 0 Å². The van der Waals surface area contributed by atoms with Gasteiger partial charge in [-0.15, -0.1) is 23.2 Å². The minimum Gasteiger partial charge on any atom is -0.381 e. The molecule has 0 saturated carbocycles. The fourth-order valence-electron chi connectivity index (χ4n) is 1.62. The molecule has 0 aliphatic heterocycles. The van der Waals surface area contributed by atoms with Crippen LogP contribution in [0.2, 0.25) is 0 Å². The third-order valence-corrected chi connectivity index (χ3v) is 4.11. The predicted octanol–water partition coefficient (Wildman–Crippen LogP) is 4.31. The molecule has 0 radical (unpaired) electrons. The van der Waals surface area contributed by atoms with E-state index in [0.717, 1.165) is 0 Å². The molecule has 1 nitrogen and oxygen atoms in total. The second kappa shape index (κ2) is 5.25. The van der Waals surface area contributed by atoms with Crippen molar-refractivity contribution in [3.8, 4) is 0 Å². The number of halogens is 2. The molecular weight excluding hydrogens is 231 g/mol. The van der Waals surface area contributed by atoms with E-state index in [9.17, 15) is 0 Å². The van der Waals surface area contributed by atoms with Crippen molar-refractivity contribution in [2.75, 3.05) is 7.11 Å². The summed E-state index contributed by atoms with van der Waals surface area (Å²) >= 11 is 12.7. The third kappa shape index (κ3) is 4.50. The molecule has 92 valence electrons. The average Bonchev–Trinajstić information content (AvgIpc) is 2.01. The lowest BCUT2D eigenvalue weighted by atomic mass is 9.80. The Kier molecular flexibility index (Phi) is 5.44. The van der Waals surface area contributed by atoms with Crippen molar-refractivity contribution in [1.82, 2.24) is 0 Å². The van der Waals surface area contributed by atoms with Gasteiger partial charge in [0.05, 0.1) is 6.10 Å². The number of methoxy groups -OCH3 is 1. The van der Waals surface area contributed by atoms with Gasteiger partial charge < -0.3 is 4.74 Å². The summed E-state index contributed by atoms with van der Waals surface area (Å²) in [7, 11) is 1.73. The summed E-state index contributed by atoms with van der Waals surface area (Å²) in [6.07, 6.45) is 0.0741. The van der Waals surface area contributed by atoms with Crippen LogP contribution in [-0.2, 0) is 4.74 Å². The lowest BCUT2D eigenvalue weighted by Gasteiger charge is -2.39. The van der Waals surface area contributed by atoms with Crippen LogP contribution in [0.4, 0.5) is 0 Å². The second-order valence-corrected chi connectivity index (χ2v) is 7.35. The van der Waals surface area contributed by atoms with Crippen molar-refractivity contribution in [3.05, 3.63) is 0 Å². The molecule has 3 heteroatoms. The summed E-state index contributed by atoms with van der Waals surface area (Å²) < 4.78 is 5.56. The van der Waals surface area contributed by atoms with Crippen LogP contribution in [0.15, 0.2) is 0 Å². The molecule has 0 N–H and O–H groups in total. The van der Waals surface area contributed by atoms with E-state index in [2.05, 4.69) is 13.8 Å². The smallest absolute Gasteiger partial charge is 0.0655 e. The predicted molar refractivity (Wildman–Crippen MR) is 69.0 cm³/mol. The lowest BCUT2D eigenvalue weighted by molar-refractivity contribution is -0.00303. The normalized spacial score (nSPS) is 19.8. The zero-order valence-corrected chi connectivity index (χ0v) is 12.4. The summed E-state index contributed by atoms with van der Waals surface area (Å²) in [6, 6.07) is 0. The van der Waals surface area contributed by atoms with E-state index in [0.29, 0.717) is 0 Å². The Morgan fingerprint density at radius 3 is 1.27 bits per heavy atom. The van der Waals surface area contributed by atoms with Crippen LogP contribution < -0.4 is 0 Å². The lowest BCUT2D eigenvalue weighted by Crippen LogP contribution is -2.44. The molecule has 0 fully saturated rings. The van der Waals surface area contributed by atoms with Gasteiger partial charge in [0.1, 0.15) is 0 Å². The summed E-state index contributed by atoms with van der Waals surface area (Å²) in [6.45, 7) is 12.3. The summed E-state index contributed by atoms with van der Waals surface area (Å²) in [5.74, 6) is 0.495. The topological polar surface area (TPSA) is 9.23 Å². The Labute approximate surface area is 104 Å². The highest BCUT2D eigenvalue weighted by Crippen LogP contribution is 2.37. The maximum absolute atomic E-state index is 6.33. The molecule has 0 rings (SSSR count). The van der Waals surface area contributed by atoms with Gasteiger partial charge in [-0.1, -0.05) is 13.8 Å². The summed E-state index contributed by atoms with van der Waals surface area (Å²) in [5, 5.41) is 0. The van der Waals surface area contributed by atoms with Gasteiger partial charge in [-0.3, -0.25) is 0 Å². The van der Waals surface area contributed by atoms with Crippen molar-refractivity contribution in [2.45, 2.75) is 57.4 Å². The monoisotopic (exact) mass is 254 g/mol. The molecule has 0 aromatic heterocycles. The van der Waals surface area contributed by atoms with Gasteiger partial charge in [-0.2, -0.15) is 0 Å². The Bertz CT molecular complexity index is 171. The van der Waals surface area contributed by atoms with E-state index >= 15 is 0 Å². The highest BCUT2D eigenvalue weighted by Gasteiger charge is 2.39. The van der Waals surface area contributed by atoms with Crippen LogP contribution >= 0.6 is 23.2 Å². The minimum absolute atomic E-state index is 0.0741. The second-order valence-electron chi connectivity index (χ2n) is 5.41. The molecule has 2 atom stereocenters. The Morgan fingerprint density at radius 1 is 0.867 bits per heavy atom. The molecule has 15 heavy (non-hydrogen) atoms. The van der Waals surface area contributed by atoms with E-state index in [4.69, 9.17) is 27.9 Å². The first-order valence-corrected chi connectivity index (χ1v) is 6.18. The standard InChI is InChI=1S/C12H24Cl2O/c1-8(11(3,4)13)10(15-7)9(2)12(5,6)14/h8-10H,1-7H3. The van der Waals surface area contributed by atoms with Crippen LogP contribution in [0.3, 0.4) is 0 Å². The fourth-order valence-corrected chi connectivity index (χ4v) is 1.87. The largest absolute Gasteiger partial charge is 0.381 e. The number of hydrogen-bond acceptors (Lipinski definition) is 1. The third-order valence-electron chi connectivity index (χ3n) is 3.42. The maximum Gasteiger partial charge on any atom is 0.0655 e. The maximum atomic E-state index is 6.33. The molecular formula is C12H24Cl2O. The molecule has 0 bridgehead atoms. The first-order valence-electron chi connectivity index (χ1n) is 5.42. The van der Waals surface area contributed by atoms with Gasteiger partial charge in [-0.05, 0) is 27.7 Å². The molecule has 0 amide bonds. The molecule has 0 aromatic rings. The molecule has 0 spiro atoms. The molecule has 2 unspecified atom stereocenters. The molecule has 0 saturated heterocycles. The van der Waals surface area contributed by atoms with Crippen molar-refractivity contribution in [2.24, 2.45) is 11.8 Å². The van der Waals surface area contributed by atoms with E-state index in [-0.39, 0.29) is 27.7 Å². The molecule has 0 aliphatic carbocycles. The molecule has 0 aromatic carbocycles. The van der Waals surface area contributed by atoms with Crippen LogP contribution in [0, 0.1) is 11.8 Å². The van der Waals surface area contributed by atoms with E-state index < -0.39 is 0 Å². The Morgan fingerprint density at radius 2 is 1.13 bits per heavy atom. The summed E-state index contributed by atoms with van der Waals surface area (Å²) in [5.41, 5.74) is 0. The molecule has 0 heterocycles. The average molecular weight is 255 g/mol. The zero-order valence-electron chi connectivity index (χ0n) is 10.9. The SMILES string of the molecule is COC(C(C)C(C)(C)Cl)C(C)C(C)(C)Cl. The Balaban J connectivity index is 4.78. The van der Waals surface area contributed by atoms with Crippen molar-refractivity contribution in [1.29, 1.82) is 0 Å². The van der Waals surface area contributed by atoms with Crippen molar-refractivity contribution < 1.29 is 4.74 Å². The first kappa shape index (κ1) is 15.5. The van der Waals surface area contributed by atoms with Gasteiger partial charge in [0.15, 0.2) is 0 Å². The zero-order chi connectivity index (χ0) is 12.4. The van der Waals surface area contributed by atoms with Crippen LogP contribution in [0.25, 0.3) is 0 Å². The first-order chi connectivity index (χ1) is 6.51. The van der Waals surface area contributed by atoms with Crippen molar-refractivity contribution in [3.63, 3.8) is 0 Å². The van der Waals surface area contributed by atoms with E-state index in [1.807, 2.05) is 27.7 Å². The highest BCUT2D eigenvalue weighted by atomic mass is 35.5. The number of hydrogen-bond donors (Lipinski definition) is 0. The number of alkyl halides is 2. The molecule has 0 aliphatic rings. The minimum atomic E-state index is -0.281. The van der Waals surface area contributed by atoms with Gasteiger partial charge in [0.2, 0.25) is 0 Å². The van der Waals surface area contributed by atoms with Gasteiger partial charge >= 0.3 is 0 Å². The van der Waals surface area contributed by atoms with Crippen molar-refractivity contribution >= 4 is 23.2 Å². The van der Waals surface area contributed by atoms with Crippen LogP contribution in [-0.4, -0.2) is 23.0 Å². The summed E-state index contributed by atoms with van der Waals surface area (Å²) in [4.78, 5) is -0.561. The van der Waals surface area contributed by atoms with Crippen LogP contribution in [0.5, 0.6) is 0 Å². The number of rotatable bonds is 5. The van der Waals surface area contributed by atoms with Gasteiger partial charge in [0, 0.05) is 28.7 Å². The van der Waals surface area contributed by atoms with E-state index in [1.165, 1.54) is 0 Å². The quantitative estimate of drug-likeness (QED) is 0.665. The van der Waals surface area contributed by atoms with Crippen LogP contribution in [0.1, 0.15) is 41.5 Å².